The molecule has 0 unspecified atom stereocenters. The van der Waals surface area contributed by atoms with Gasteiger partial charge in [0.25, 0.3) is 0 Å². The summed E-state index contributed by atoms with van der Waals surface area (Å²) in [7, 11) is 0. The molecule has 1 fully saturated rings. The van der Waals surface area contributed by atoms with Crippen LogP contribution in [0.25, 0.3) is 26.0 Å². The Bertz CT molecular complexity index is 1560. The normalized spacial score (nSPS) is 20.9. The number of rotatable bonds is 9. The van der Waals surface area contributed by atoms with Crippen LogP contribution in [0.3, 0.4) is 0 Å². The predicted octanol–water partition coefficient (Wildman–Crippen LogP) is 7.93. The summed E-state index contributed by atoms with van der Waals surface area (Å²) in [6.45, 7) is 10.7. The first-order valence-electron chi connectivity index (χ1n) is 13.3. The topological polar surface area (TPSA) is 76.2 Å². The van der Waals surface area contributed by atoms with E-state index in [2.05, 4.69) is 73.9 Å². The fourth-order valence-corrected chi connectivity index (χ4v) is 7.67. The average molecular weight is 567 g/mol. The third kappa shape index (κ3) is 6.15. The predicted molar refractivity (Wildman–Crippen MR) is 170 cm³/mol. The highest BCUT2D eigenvalue weighted by atomic mass is 32.2. The van der Waals surface area contributed by atoms with E-state index in [1.165, 1.54) is 16.7 Å². The SMILES string of the molecule is C=C(SC(=C(C)c1ccc(C2(C)CC(C)(O)C2)cc1)c1ccccc1)c1cnc(-c2ccc(CC(N)=O)cc2)s1. The van der Waals surface area contributed by atoms with Gasteiger partial charge in [0.05, 0.1) is 16.9 Å². The number of primary amides is 1. The number of carbonyl (C=O) groups excluding carboxylic acids is 1. The zero-order valence-electron chi connectivity index (χ0n) is 23.1. The lowest BCUT2D eigenvalue weighted by atomic mass is 9.58. The number of allylic oxidation sites excluding steroid dienone is 1. The number of thiazole rings is 1. The summed E-state index contributed by atoms with van der Waals surface area (Å²) in [6, 6.07) is 27.0. The first kappa shape index (κ1) is 28.1. The van der Waals surface area contributed by atoms with E-state index in [1.54, 1.807) is 23.1 Å². The van der Waals surface area contributed by atoms with Gasteiger partial charge in [-0.2, -0.15) is 0 Å². The largest absolute Gasteiger partial charge is 0.390 e. The third-order valence-electron chi connectivity index (χ3n) is 7.52. The summed E-state index contributed by atoms with van der Waals surface area (Å²) in [5.74, 6) is -0.340. The van der Waals surface area contributed by atoms with Crippen molar-refractivity contribution < 1.29 is 9.90 Å². The molecule has 1 amide bonds. The van der Waals surface area contributed by atoms with Crippen LogP contribution in [0.15, 0.2) is 91.6 Å². The molecule has 0 atom stereocenters. The maximum absolute atomic E-state index is 11.2. The molecule has 5 rings (SSSR count). The van der Waals surface area contributed by atoms with Crippen molar-refractivity contribution in [1.82, 2.24) is 4.98 Å². The summed E-state index contributed by atoms with van der Waals surface area (Å²) in [4.78, 5) is 19.0. The summed E-state index contributed by atoms with van der Waals surface area (Å²) < 4.78 is 0. The van der Waals surface area contributed by atoms with Gasteiger partial charge in [-0.25, -0.2) is 4.98 Å². The minimum absolute atomic E-state index is 0.0248. The van der Waals surface area contributed by atoms with E-state index in [1.807, 2.05) is 43.5 Å². The van der Waals surface area contributed by atoms with Crippen LogP contribution in [0.1, 0.15) is 60.7 Å². The van der Waals surface area contributed by atoms with Crippen LogP contribution in [0, 0.1) is 0 Å². The number of aliphatic hydroxyl groups is 1. The van der Waals surface area contributed by atoms with Gasteiger partial charge in [0.2, 0.25) is 5.91 Å². The van der Waals surface area contributed by atoms with E-state index in [0.29, 0.717) is 0 Å². The van der Waals surface area contributed by atoms with Crippen LogP contribution in [0.5, 0.6) is 0 Å². The Hall–Kier alpha value is -3.45. The highest BCUT2D eigenvalue weighted by molar-refractivity contribution is 8.16. The van der Waals surface area contributed by atoms with Gasteiger partial charge in [0, 0.05) is 21.6 Å². The number of hydrogen-bond acceptors (Lipinski definition) is 5. The van der Waals surface area contributed by atoms with E-state index >= 15 is 0 Å². The molecule has 0 spiro atoms. The Morgan fingerprint density at radius 1 is 1.00 bits per heavy atom. The molecule has 0 radical (unpaired) electrons. The van der Waals surface area contributed by atoms with E-state index in [9.17, 15) is 9.90 Å². The van der Waals surface area contributed by atoms with Gasteiger partial charge < -0.3 is 10.8 Å². The van der Waals surface area contributed by atoms with Crippen molar-refractivity contribution in [2.75, 3.05) is 0 Å². The second-order valence-corrected chi connectivity index (χ2v) is 13.3. The molecule has 0 bridgehead atoms. The quantitative estimate of drug-likeness (QED) is 0.202. The van der Waals surface area contributed by atoms with Gasteiger partial charge in [-0.3, -0.25) is 4.79 Å². The van der Waals surface area contributed by atoms with Crippen molar-refractivity contribution in [3.8, 4) is 10.6 Å². The number of carbonyl (C=O) groups is 1. The van der Waals surface area contributed by atoms with Crippen molar-refractivity contribution in [3.05, 3.63) is 119 Å². The molecule has 3 aromatic carbocycles. The standard InChI is InChI=1S/C34H34N2O2S2/c1-22(25-14-16-28(17-15-25)33(3)20-34(4,38)21-33)31(26-8-6-5-7-9-26)39-23(2)29-19-36-32(40-29)27-12-10-24(11-13-27)18-30(35)37/h5-17,19,38H,2,18,20-21H2,1,3-4H3,(H2,35,37). The van der Waals surface area contributed by atoms with E-state index in [4.69, 9.17) is 5.73 Å². The second kappa shape index (κ2) is 11.2. The Morgan fingerprint density at radius 3 is 2.25 bits per heavy atom. The number of benzene rings is 3. The smallest absolute Gasteiger partial charge is 0.221 e. The molecule has 1 heterocycles. The van der Waals surface area contributed by atoms with Crippen molar-refractivity contribution in [2.45, 2.75) is 51.0 Å². The maximum atomic E-state index is 11.2. The molecule has 1 aliphatic rings. The summed E-state index contributed by atoms with van der Waals surface area (Å²) in [5.41, 5.74) is 11.4. The average Bonchev–Trinajstić information content (AvgIpc) is 3.41. The van der Waals surface area contributed by atoms with Crippen molar-refractivity contribution in [2.24, 2.45) is 5.73 Å². The Balaban J connectivity index is 1.39. The fraction of sp³-hybridized carbons (Fsp3) is 0.235. The molecular weight excluding hydrogens is 533 g/mol. The minimum atomic E-state index is -0.564. The van der Waals surface area contributed by atoms with Crippen molar-refractivity contribution in [1.29, 1.82) is 0 Å². The Labute approximate surface area is 244 Å². The molecule has 1 aliphatic carbocycles. The molecular formula is C34H34N2O2S2. The molecule has 4 aromatic rings. The van der Waals surface area contributed by atoms with Gasteiger partial charge in [-0.05, 0) is 59.9 Å². The minimum Gasteiger partial charge on any atom is -0.390 e. The number of nitrogens with two attached hydrogens (primary N) is 1. The van der Waals surface area contributed by atoms with Crippen LogP contribution in [0.2, 0.25) is 0 Å². The zero-order chi connectivity index (χ0) is 28.5. The van der Waals surface area contributed by atoms with Gasteiger partial charge >= 0.3 is 0 Å². The molecule has 1 saturated carbocycles. The number of thioether (sulfide) groups is 1. The van der Waals surface area contributed by atoms with Gasteiger partial charge in [0.1, 0.15) is 5.01 Å². The summed E-state index contributed by atoms with van der Waals surface area (Å²) >= 11 is 3.27. The van der Waals surface area contributed by atoms with Crippen LogP contribution < -0.4 is 5.73 Å². The Kier molecular flexibility index (Phi) is 7.87. The lowest BCUT2D eigenvalue weighted by Crippen LogP contribution is -2.50. The highest BCUT2D eigenvalue weighted by Gasteiger charge is 2.48. The van der Waals surface area contributed by atoms with E-state index in [-0.39, 0.29) is 17.7 Å². The number of amides is 1. The molecule has 0 saturated heterocycles. The molecule has 204 valence electrons. The molecule has 3 N–H and O–H groups in total. The van der Waals surface area contributed by atoms with Crippen LogP contribution in [-0.2, 0) is 16.6 Å². The second-order valence-electron chi connectivity index (χ2n) is 11.2. The summed E-state index contributed by atoms with van der Waals surface area (Å²) in [5, 5.41) is 11.2. The van der Waals surface area contributed by atoms with E-state index in [0.717, 1.165) is 49.2 Å². The Morgan fingerprint density at radius 2 is 1.65 bits per heavy atom. The first-order chi connectivity index (χ1) is 19.0. The summed E-state index contributed by atoms with van der Waals surface area (Å²) in [6.07, 6.45) is 3.68. The number of aromatic nitrogens is 1. The van der Waals surface area contributed by atoms with Gasteiger partial charge in [0.15, 0.2) is 0 Å². The number of nitrogens with zero attached hydrogens (tertiary/aromatic N) is 1. The number of hydrogen-bond donors (Lipinski definition) is 2. The lowest BCUT2D eigenvalue weighted by molar-refractivity contribution is -0.117. The van der Waals surface area contributed by atoms with Crippen molar-refractivity contribution >= 4 is 44.4 Å². The van der Waals surface area contributed by atoms with Crippen LogP contribution >= 0.6 is 23.1 Å². The third-order valence-corrected chi connectivity index (χ3v) is 9.97. The highest BCUT2D eigenvalue weighted by Crippen LogP contribution is 2.50. The van der Waals surface area contributed by atoms with Gasteiger partial charge in [-0.1, -0.05) is 104 Å². The monoisotopic (exact) mass is 566 g/mol. The molecule has 0 aliphatic heterocycles. The fourth-order valence-electron chi connectivity index (χ4n) is 5.70. The molecule has 4 nitrogen and oxygen atoms in total. The van der Waals surface area contributed by atoms with Crippen LogP contribution in [-0.4, -0.2) is 21.6 Å². The zero-order valence-corrected chi connectivity index (χ0v) is 24.7. The maximum Gasteiger partial charge on any atom is 0.221 e. The van der Waals surface area contributed by atoms with Crippen LogP contribution in [0.4, 0.5) is 0 Å². The molecule has 40 heavy (non-hydrogen) atoms. The molecule has 6 heteroatoms. The lowest BCUT2D eigenvalue weighted by Gasteiger charge is -2.50. The van der Waals surface area contributed by atoms with E-state index < -0.39 is 5.60 Å². The molecule has 1 aromatic heterocycles. The van der Waals surface area contributed by atoms with Gasteiger partial charge in [-0.15, -0.1) is 11.3 Å². The van der Waals surface area contributed by atoms with Crippen molar-refractivity contribution in [3.63, 3.8) is 0 Å². The first-order valence-corrected chi connectivity index (χ1v) is 15.0.